The molecule has 7 heteroatoms. The average Bonchev–Trinajstić information content (AvgIpc) is 2.52. The van der Waals surface area contributed by atoms with Crippen molar-refractivity contribution in [3.8, 4) is 5.75 Å². The van der Waals surface area contributed by atoms with Gasteiger partial charge in [-0.25, -0.2) is 0 Å². The molecule has 2 rings (SSSR count). The van der Waals surface area contributed by atoms with Crippen LogP contribution in [0.5, 0.6) is 5.75 Å². The number of ether oxygens (including phenoxy) is 1. The number of carbonyl (C=O) groups is 2. The Morgan fingerprint density at radius 2 is 2.05 bits per heavy atom. The first-order chi connectivity index (χ1) is 10.1. The first-order valence-corrected chi connectivity index (χ1v) is 7.15. The number of carbonyl (C=O) groups excluding carboxylic acids is 2. The summed E-state index contributed by atoms with van der Waals surface area (Å²) < 4.78 is 5.14. The highest BCUT2D eigenvalue weighted by Gasteiger charge is 2.14. The number of nitrogens with one attached hydrogen (secondary N) is 2. The lowest BCUT2D eigenvalue weighted by atomic mass is 10.00. The number of primary amides is 1. The summed E-state index contributed by atoms with van der Waals surface area (Å²) in [6.07, 6.45) is 2.31. The maximum atomic E-state index is 12.0. The molecule has 122 valence electrons. The van der Waals surface area contributed by atoms with Crippen LogP contribution in [0.25, 0.3) is 0 Å². The summed E-state index contributed by atoms with van der Waals surface area (Å²) in [5, 5.41) is 6.27. The Bertz CT molecular complexity index is 487. The zero-order valence-corrected chi connectivity index (χ0v) is 13.2. The summed E-state index contributed by atoms with van der Waals surface area (Å²) in [5.41, 5.74) is 5.57. The van der Waals surface area contributed by atoms with E-state index in [2.05, 4.69) is 10.6 Å². The second-order valence-corrected chi connectivity index (χ2v) is 5.20. The molecule has 0 bridgehead atoms. The van der Waals surface area contributed by atoms with E-state index in [9.17, 15) is 9.59 Å². The minimum absolute atomic E-state index is 0. The van der Waals surface area contributed by atoms with Gasteiger partial charge in [0.2, 0.25) is 0 Å². The van der Waals surface area contributed by atoms with Gasteiger partial charge in [-0.1, -0.05) is 0 Å². The molecule has 2 amide bonds. The molecule has 22 heavy (non-hydrogen) atoms. The highest BCUT2D eigenvalue weighted by Crippen LogP contribution is 2.13. The van der Waals surface area contributed by atoms with E-state index in [0.29, 0.717) is 23.8 Å². The molecule has 1 unspecified atom stereocenters. The Morgan fingerprint density at radius 3 is 2.64 bits per heavy atom. The van der Waals surface area contributed by atoms with Crippen LogP contribution in [0.2, 0.25) is 0 Å². The van der Waals surface area contributed by atoms with Crippen molar-refractivity contribution in [2.75, 3.05) is 26.2 Å². The van der Waals surface area contributed by atoms with Crippen molar-refractivity contribution in [1.29, 1.82) is 0 Å². The van der Waals surface area contributed by atoms with Crippen LogP contribution < -0.4 is 21.1 Å². The second kappa shape index (κ2) is 9.27. The molecule has 4 N–H and O–H groups in total. The fraction of sp³-hybridized carbons (Fsp3) is 0.467. The lowest BCUT2D eigenvalue weighted by Crippen LogP contribution is -2.38. The molecule has 1 aliphatic heterocycles. The molecule has 0 spiro atoms. The number of rotatable bonds is 6. The molecule has 0 aliphatic carbocycles. The summed E-state index contributed by atoms with van der Waals surface area (Å²) in [5.74, 6) is 0.391. The Kier molecular flexibility index (Phi) is 7.70. The van der Waals surface area contributed by atoms with E-state index in [1.807, 2.05) is 0 Å². The van der Waals surface area contributed by atoms with Crippen LogP contribution in [0.1, 0.15) is 23.2 Å². The van der Waals surface area contributed by atoms with E-state index in [-0.39, 0.29) is 24.9 Å². The van der Waals surface area contributed by atoms with Crippen LogP contribution in [0.15, 0.2) is 24.3 Å². The van der Waals surface area contributed by atoms with Crippen molar-refractivity contribution in [2.45, 2.75) is 12.8 Å². The molecule has 0 aromatic heterocycles. The third-order valence-electron chi connectivity index (χ3n) is 3.45. The van der Waals surface area contributed by atoms with E-state index < -0.39 is 5.91 Å². The van der Waals surface area contributed by atoms with Crippen LogP contribution in [-0.2, 0) is 4.79 Å². The number of hydrogen-bond acceptors (Lipinski definition) is 4. The van der Waals surface area contributed by atoms with E-state index in [1.54, 1.807) is 24.3 Å². The van der Waals surface area contributed by atoms with Crippen molar-refractivity contribution in [3.63, 3.8) is 0 Å². The summed E-state index contributed by atoms with van der Waals surface area (Å²) in [6.45, 7) is 2.55. The van der Waals surface area contributed by atoms with Gasteiger partial charge in [0.15, 0.2) is 6.61 Å². The Hall–Kier alpha value is -1.79. The van der Waals surface area contributed by atoms with Crippen molar-refractivity contribution in [3.05, 3.63) is 29.8 Å². The number of nitrogens with two attached hydrogens (primary N) is 1. The van der Waals surface area contributed by atoms with Crippen LogP contribution in [0.4, 0.5) is 0 Å². The van der Waals surface area contributed by atoms with Crippen molar-refractivity contribution in [2.24, 2.45) is 11.7 Å². The van der Waals surface area contributed by atoms with E-state index >= 15 is 0 Å². The first kappa shape index (κ1) is 18.3. The molecular weight excluding hydrogens is 306 g/mol. The average molecular weight is 328 g/mol. The van der Waals surface area contributed by atoms with Gasteiger partial charge in [-0.3, -0.25) is 9.59 Å². The molecular formula is C15H22ClN3O3. The summed E-state index contributed by atoms with van der Waals surface area (Å²) in [7, 11) is 0. The largest absolute Gasteiger partial charge is 0.484 e. The topological polar surface area (TPSA) is 93.5 Å². The van der Waals surface area contributed by atoms with Crippen LogP contribution in [0.3, 0.4) is 0 Å². The minimum Gasteiger partial charge on any atom is -0.484 e. The highest BCUT2D eigenvalue weighted by molar-refractivity contribution is 5.94. The Balaban J connectivity index is 0.00000242. The fourth-order valence-electron chi connectivity index (χ4n) is 2.29. The molecule has 1 aromatic carbocycles. The predicted octanol–water partition coefficient (Wildman–Crippen LogP) is 0.702. The van der Waals surface area contributed by atoms with E-state index in [0.717, 1.165) is 25.9 Å². The van der Waals surface area contributed by atoms with Gasteiger partial charge in [0.05, 0.1) is 0 Å². The maximum Gasteiger partial charge on any atom is 0.255 e. The van der Waals surface area contributed by atoms with Gasteiger partial charge in [-0.15, -0.1) is 12.4 Å². The molecule has 6 nitrogen and oxygen atoms in total. The minimum atomic E-state index is -0.530. The van der Waals surface area contributed by atoms with E-state index in [4.69, 9.17) is 10.5 Å². The third kappa shape index (κ3) is 5.91. The van der Waals surface area contributed by atoms with Crippen molar-refractivity contribution >= 4 is 24.2 Å². The summed E-state index contributed by atoms with van der Waals surface area (Å²) >= 11 is 0. The van der Waals surface area contributed by atoms with Crippen molar-refractivity contribution in [1.82, 2.24) is 10.6 Å². The predicted molar refractivity (Wildman–Crippen MR) is 86.3 cm³/mol. The third-order valence-corrected chi connectivity index (χ3v) is 3.45. The smallest absolute Gasteiger partial charge is 0.255 e. The molecule has 1 fully saturated rings. The zero-order chi connectivity index (χ0) is 15.1. The Labute approximate surface area is 136 Å². The van der Waals surface area contributed by atoms with Crippen molar-refractivity contribution < 1.29 is 14.3 Å². The highest BCUT2D eigenvalue weighted by atomic mass is 35.5. The normalized spacial score (nSPS) is 17.2. The van der Waals surface area contributed by atoms with Crippen LogP contribution >= 0.6 is 12.4 Å². The number of halogens is 1. The molecule has 0 radical (unpaired) electrons. The monoisotopic (exact) mass is 327 g/mol. The number of amides is 2. The number of hydrogen-bond donors (Lipinski definition) is 3. The van der Waals surface area contributed by atoms with Gasteiger partial charge in [0, 0.05) is 12.1 Å². The molecule has 1 saturated heterocycles. The summed E-state index contributed by atoms with van der Waals surface area (Å²) in [6, 6.07) is 6.65. The SMILES string of the molecule is Cl.NC(=O)COc1ccc(C(=O)NCC2CCCNC2)cc1. The van der Waals surface area contributed by atoms with Gasteiger partial charge in [-0.05, 0) is 56.1 Å². The Morgan fingerprint density at radius 1 is 1.32 bits per heavy atom. The van der Waals surface area contributed by atoms with E-state index in [1.165, 1.54) is 0 Å². The molecule has 1 heterocycles. The first-order valence-electron chi connectivity index (χ1n) is 7.15. The van der Waals surface area contributed by atoms with Crippen LogP contribution in [0, 0.1) is 5.92 Å². The molecule has 1 aromatic rings. The number of piperidine rings is 1. The lowest BCUT2D eigenvalue weighted by Gasteiger charge is -2.22. The quantitative estimate of drug-likeness (QED) is 0.717. The van der Waals surface area contributed by atoms with Crippen LogP contribution in [-0.4, -0.2) is 38.1 Å². The molecule has 1 atom stereocenters. The van der Waals surface area contributed by atoms with Gasteiger partial charge >= 0.3 is 0 Å². The molecule has 0 saturated carbocycles. The van der Waals surface area contributed by atoms with Gasteiger partial charge in [0.1, 0.15) is 5.75 Å². The molecule has 1 aliphatic rings. The number of benzene rings is 1. The second-order valence-electron chi connectivity index (χ2n) is 5.20. The maximum absolute atomic E-state index is 12.0. The fourth-order valence-corrected chi connectivity index (χ4v) is 2.29. The zero-order valence-electron chi connectivity index (χ0n) is 12.3. The standard InChI is InChI=1S/C15H21N3O3.ClH/c16-14(19)10-21-13-5-3-12(4-6-13)15(20)18-9-11-2-1-7-17-8-11;/h3-6,11,17H,1-2,7-10H2,(H2,16,19)(H,18,20);1H. The lowest BCUT2D eigenvalue weighted by molar-refractivity contribution is -0.119. The van der Waals surface area contributed by atoms with Gasteiger partial charge < -0.3 is 21.1 Å². The van der Waals surface area contributed by atoms with Gasteiger partial charge in [-0.2, -0.15) is 0 Å². The van der Waals surface area contributed by atoms with Gasteiger partial charge in [0.25, 0.3) is 11.8 Å². The summed E-state index contributed by atoms with van der Waals surface area (Å²) in [4.78, 5) is 22.6.